The van der Waals surface area contributed by atoms with Crippen LogP contribution in [0.3, 0.4) is 0 Å². The van der Waals surface area contributed by atoms with Gasteiger partial charge in [-0.1, -0.05) is 45.2 Å². The number of benzene rings is 1. The van der Waals surface area contributed by atoms with Gasteiger partial charge in [-0.05, 0) is 68.0 Å². The van der Waals surface area contributed by atoms with Gasteiger partial charge in [0.1, 0.15) is 6.79 Å². The predicted octanol–water partition coefficient (Wildman–Crippen LogP) is 6.45. The lowest BCUT2D eigenvalue weighted by Crippen LogP contribution is -2.36. The molecule has 0 aliphatic carbocycles. The van der Waals surface area contributed by atoms with Crippen LogP contribution >= 0.6 is 11.9 Å². The SMILES string of the molecule is C=O.CCCC1(CCC)CCN(Sc2ccccc2NOC2CCCCCO2)CC1. The fourth-order valence-electron chi connectivity index (χ4n) is 4.62. The smallest absolute Gasteiger partial charge is 0.183 e. The first-order valence-electron chi connectivity index (χ1n) is 11.6. The topological polar surface area (TPSA) is 50.8 Å². The van der Waals surface area contributed by atoms with Gasteiger partial charge in [-0.2, -0.15) is 0 Å². The van der Waals surface area contributed by atoms with Crippen molar-refractivity contribution in [1.29, 1.82) is 0 Å². The summed E-state index contributed by atoms with van der Waals surface area (Å²) >= 11 is 1.87. The third-order valence-corrected chi connectivity index (χ3v) is 7.32. The van der Waals surface area contributed by atoms with Gasteiger partial charge in [0.05, 0.1) is 5.69 Å². The van der Waals surface area contributed by atoms with Crippen molar-refractivity contribution >= 4 is 24.4 Å². The Bertz CT molecular complexity index is 578. The van der Waals surface area contributed by atoms with E-state index in [0.29, 0.717) is 5.41 Å². The van der Waals surface area contributed by atoms with Crippen molar-refractivity contribution in [2.45, 2.75) is 89.2 Å². The summed E-state index contributed by atoms with van der Waals surface area (Å²) in [5.41, 5.74) is 4.81. The van der Waals surface area contributed by atoms with Crippen LogP contribution in [0.25, 0.3) is 0 Å². The molecule has 0 aromatic heterocycles. The molecule has 3 rings (SSSR count). The third-order valence-electron chi connectivity index (χ3n) is 6.15. The van der Waals surface area contributed by atoms with E-state index >= 15 is 0 Å². The fraction of sp³-hybridized carbons (Fsp3) is 0.708. The molecule has 1 N–H and O–H groups in total. The van der Waals surface area contributed by atoms with E-state index in [-0.39, 0.29) is 6.29 Å². The van der Waals surface area contributed by atoms with Crippen molar-refractivity contribution in [3.05, 3.63) is 24.3 Å². The molecule has 6 heteroatoms. The van der Waals surface area contributed by atoms with E-state index in [1.165, 1.54) is 69.4 Å². The summed E-state index contributed by atoms with van der Waals surface area (Å²) in [6.45, 7) is 9.81. The number of rotatable bonds is 9. The van der Waals surface area contributed by atoms with Crippen LogP contribution in [0.15, 0.2) is 29.2 Å². The molecule has 1 atom stereocenters. The molecule has 0 amide bonds. The monoisotopic (exact) mass is 436 g/mol. The number of hydrogen-bond donors (Lipinski definition) is 1. The van der Waals surface area contributed by atoms with E-state index in [2.05, 4.69) is 47.9 Å². The second-order valence-corrected chi connectivity index (χ2v) is 9.52. The molecule has 2 aliphatic heterocycles. The van der Waals surface area contributed by atoms with Gasteiger partial charge in [0.25, 0.3) is 0 Å². The van der Waals surface area contributed by atoms with Crippen LogP contribution in [0.4, 0.5) is 5.69 Å². The maximum atomic E-state index is 8.00. The van der Waals surface area contributed by atoms with Crippen molar-refractivity contribution in [3.8, 4) is 0 Å². The maximum absolute atomic E-state index is 8.00. The summed E-state index contributed by atoms with van der Waals surface area (Å²) in [7, 11) is 0. The number of anilines is 1. The minimum Gasteiger partial charge on any atom is -0.350 e. The Labute approximate surface area is 187 Å². The molecule has 2 saturated heterocycles. The van der Waals surface area contributed by atoms with Crippen LogP contribution in [0.5, 0.6) is 0 Å². The van der Waals surface area contributed by atoms with E-state index in [1.54, 1.807) is 0 Å². The average molecular weight is 437 g/mol. The highest BCUT2D eigenvalue weighted by atomic mass is 32.2. The molecule has 1 unspecified atom stereocenters. The number of hydrogen-bond acceptors (Lipinski definition) is 6. The quantitative estimate of drug-likeness (QED) is 0.354. The zero-order valence-corrected chi connectivity index (χ0v) is 19.7. The molecule has 30 heavy (non-hydrogen) atoms. The summed E-state index contributed by atoms with van der Waals surface area (Å²) in [6, 6.07) is 8.46. The van der Waals surface area contributed by atoms with E-state index in [9.17, 15) is 0 Å². The van der Waals surface area contributed by atoms with Crippen LogP contribution in [-0.2, 0) is 14.4 Å². The maximum Gasteiger partial charge on any atom is 0.183 e. The van der Waals surface area contributed by atoms with Crippen LogP contribution in [0, 0.1) is 5.41 Å². The van der Waals surface area contributed by atoms with Gasteiger partial charge in [0, 0.05) is 31.0 Å². The molecule has 0 spiro atoms. The normalized spacial score (nSPS) is 21.9. The zero-order chi connectivity index (χ0) is 21.7. The van der Waals surface area contributed by atoms with Crippen molar-refractivity contribution in [1.82, 2.24) is 4.31 Å². The highest BCUT2D eigenvalue weighted by Gasteiger charge is 2.33. The van der Waals surface area contributed by atoms with Crippen LogP contribution in [-0.4, -0.2) is 37.1 Å². The molecule has 0 radical (unpaired) electrons. The number of para-hydroxylation sites is 1. The number of nitrogens with zero attached hydrogens (tertiary/aromatic N) is 1. The molecule has 5 nitrogen and oxygen atoms in total. The first-order chi connectivity index (χ1) is 14.7. The first-order valence-corrected chi connectivity index (χ1v) is 12.4. The number of piperidine rings is 1. The summed E-state index contributed by atoms with van der Waals surface area (Å²) < 4.78 is 8.32. The predicted molar refractivity (Wildman–Crippen MR) is 125 cm³/mol. The number of carbonyl (C=O) groups is 1. The molecule has 1 aromatic carbocycles. The summed E-state index contributed by atoms with van der Waals surface area (Å²) in [4.78, 5) is 15.1. The van der Waals surface area contributed by atoms with E-state index in [1.807, 2.05) is 18.7 Å². The number of carbonyl (C=O) groups excluding carboxylic acids is 1. The Morgan fingerprint density at radius 2 is 1.83 bits per heavy atom. The highest BCUT2D eigenvalue weighted by molar-refractivity contribution is 7.97. The summed E-state index contributed by atoms with van der Waals surface area (Å²) in [6.07, 6.45) is 12.4. The van der Waals surface area contributed by atoms with Crippen molar-refractivity contribution in [2.75, 3.05) is 25.2 Å². The Morgan fingerprint density at radius 3 is 2.53 bits per heavy atom. The molecule has 0 bridgehead atoms. The number of ether oxygens (including phenoxy) is 1. The highest BCUT2D eigenvalue weighted by Crippen LogP contribution is 2.43. The second kappa shape index (κ2) is 14.1. The summed E-state index contributed by atoms with van der Waals surface area (Å²) in [5, 5.41) is 0. The van der Waals surface area contributed by atoms with Crippen molar-refractivity contribution < 1.29 is 14.4 Å². The van der Waals surface area contributed by atoms with Crippen LogP contribution < -0.4 is 5.48 Å². The molecule has 2 fully saturated rings. The minimum absolute atomic E-state index is 0.140. The second-order valence-electron chi connectivity index (χ2n) is 8.39. The van der Waals surface area contributed by atoms with Gasteiger partial charge < -0.3 is 9.53 Å². The third kappa shape index (κ3) is 7.88. The van der Waals surface area contributed by atoms with E-state index in [0.717, 1.165) is 25.1 Å². The van der Waals surface area contributed by atoms with Gasteiger partial charge >= 0.3 is 0 Å². The largest absolute Gasteiger partial charge is 0.350 e. The lowest BCUT2D eigenvalue weighted by Gasteiger charge is -2.41. The minimum atomic E-state index is -0.140. The first kappa shape index (κ1) is 25.2. The number of nitrogens with one attached hydrogen (secondary N) is 1. The summed E-state index contributed by atoms with van der Waals surface area (Å²) in [5.74, 6) is 0. The van der Waals surface area contributed by atoms with Gasteiger partial charge in [-0.25, -0.2) is 9.14 Å². The van der Waals surface area contributed by atoms with Gasteiger partial charge in [0.2, 0.25) is 0 Å². The van der Waals surface area contributed by atoms with Crippen LogP contribution in [0.2, 0.25) is 0 Å². The molecule has 0 saturated carbocycles. The molecular weight excluding hydrogens is 396 g/mol. The van der Waals surface area contributed by atoms with Crippen LogP contribution in [0.1, 0.15) is 78.1 Å². The standard InChI is InChI=1S/C23H38N2O2S.CH2O/c1-3-13-23(14-4-2)15-17-25(18-16-23)28-21-11-8-7-10-20(21)24-27-22-12-6-5-9-19-26-22;1-2/h7-8,10-11,22,24H,3-6,9,12-19H2,1-2H3;1H2. The van der Waals surface area contributed by atoms with E-state index in [4.69, 9.17) is 14.4 Å². The molecule has 170 valence electrons. The molecular formula is C24H40N2O3S. The zero-order valence-electron chi connectivity index (χ0n) is 18.9. The fourth-order valence-corrected chi connectivity index (χ4v) is 5.61. The Morgan fingerprint density at radius 1 is 1.13 bits per heavy atom. The molecule has 1 aromatic rings. The molecule has 2 aliphatic rings. The van der Waals surface area contributed by atoms with Gasteiger partial charge in [0.15, 0.2) is 6.29 Å². The lowest BCUT2D eigenvalue weighted by molar-refractivity contribution is -0.121. The average Bonchev–Trinajstić information content (AvgIpc) is 3.06. The molecule has 2 heterocycles. The van der Waals surface area contributed by atoms with E-state index < -0.39 is 0 Å². The Kier molecular flexibility index (Phi) is 11.8. The van der Waals surface area contributed by atoms with Crippen molar-refractivity contribution in [3.63, 3.8) is 0 Å². The lowest BCUT2D eigenvalue weighted by atomic mass is 9.72. The Balaban J connectivity index is 0.00000155. The Hall–Kier alpha value is -1.08. The van der Waals surface area contributed by atoms with Crippen molar-refractivity contribution in [2.24, 2.45) is 5.41 Å². The van der Waals surface area contributed by atoms with Gasteiger partial charge in [-0.15, -0.1) is 0 Å². The van der Waals surface area contributed by atoms with Gasteiger partial charge in [-0.3, -0.25) is 5.48 Å².